The summed E-state index contributed by atoms with van der Waals surface area (Å²) in [6, 6.07) is 1.69. The molecule has 0 fully saturated rings. The first kappa shape index (κ1) is 9.09. The quantitative estimate of drug-likeness (QED) is 0.721. The third kappa shape index (κ3) is 1.99. The molecule has 0 amide bonds. The lowest BCUT2D eigenvalue weighted by Gasteiger charge is -1.91. The number of aliphatic carboxylic acids is 1. The minimum Gasteiger partial charge on any atom is -0.477 e. The van der Waals surface area contributed by atoms with Crippen LogP contribution in [-0.2, 0) is 4.79 Å². The van der Waals surface area contributed by atoms with Crippen molar-refractivity contribution in [2.45, 2.75) is 0 Å². The average Bonchev–Trinajstić information content (AvgIpc) is 2.36. The lowest BCUT2D eigenvalue weighted by molar-refractivity contribution is -0.132. The van der Waals surface area contributed by atoms with Crippen molar-refractivity contribution in [3.05, 3.63) is 27.0 Å². The molecule has 12 heavy (non-hydrogen) atoms. The van der Waals surface area contributed by atoms with Gasteiger partial charge in [0.25, 0.3) is 0 Å². The highest BCUT2D eigenvalue weighted by Gasteiger charge is 2.03. The number of halogens is 1. The number of carbonyl (C=O) groups is 1. The van der Waals surface area contributed by atoms with E-state index < -0.39 is 5.97 Å². The van der Waals surface area contributed by atoms with Crippen LogP contribution in [0.4, 0.5) is 0 Å². The maximum Gasteiger partial charge on any atom is 0.351 e. The van der Waals surface area contributed by atoms with E-state index in [2.05, 4.69) is 0 Å². The molecule has 0 saturated carbocycles. The zero-order valence-corrected chi connectivity index (χ0v) is 7.52. The lowest BCUT2D eigenvalue weighted by atomic mass is 10.3. The van der Waals surface area contributed by atoms with Gasteiger partial charge in [-0.1, -0.05) is 11.6 Å². The highest BCUT2D eigenvalue weighted by molar-refractivity contribution is 7.11. The van der Waals surface area contributed by atoms with Crippen molar-refractivity contribution in [3.8, 4) is 0 Å². The molecule has 1 aromatic rings. The highest BCUT2D eigenvalue weighted by Crippen LogP contribution is 2.23. The second-order valence-electron chi connectivity index (χ2n) is 2.04. The molecule has 0 aliphatic heterocycles. The van der Waals surface area contributed by atoms with Gasteiger partial charge in [-0.2, -0.15) is 0 Å². The van der Waals surface area contributed by atoms with Crippen LogP contribution in [0.15, 0.2) is 17.1 Å². The van der Waals surface area contributed by atoms with Gasteiger partial charge in [-0.15, -0.1) is 11.3 Å². The van der Waals surface area contributed by atoms with Crippen LogP contribution in [0.1, 0.15) is 4.88 Å². The van der Waals surface area contributed by atoms with E-state index in [4.69, 9.17) is 22.4 Å². The number of rotatable bonds is 2. The van der Waals surface area contributed by atoms with Crippen LogP contribution in [0.2, 0.25) is 5.02 Å². The summed E-state index contributed by atoms with van der Waals surface area (Å²) in [6.45, 7) is 0. The number of nitrogens with two attached hydrogens (primary N) is 1. The molecule has 0 aromatic carbocycles. The first-order valence-corrected chi connectivity index (χ1v) is 4.30. The normalized spacial score (nSPS) is 11.6. The Morgan fingerprint density at radius 1 is 1.75 bits per heavy atom. The SMILES string of the molecule is N/C(=C/c1sccc1Cl)C(=O)O. The first-order chi connectivity index (χ1) is 5.61. The van der Waals surface area contributed by atoms with Crippen molar-refractivity contribution < 1.29 is 9.90 Å². The van der Waals surface area contributed by atoms with Crippen LogP contribution in [0.5, 0.6) is 0 Å². The summed E-state index contributed by atoms with van der Waals surface area (Å²) in [5, 5.41) is 10.7. The minimum atomic E-state index is -1.14. The van der Waals surface area contributed by atoms with Crippen LogP contribution < -0.4 is 5.73 Å². The van der Waals surface area contributed by atoms with Crippen LogP contribution in [-0.4, -0.2) is 11.1 Å². The van der Waals surface area contributed by atoms with E-state index in [1.165, 1.54) is 17.4 Å². The number of hydrogen-bond acceptors (Lipinski definition) is 3. The predicted molar refractivity (Wildman–Crippen MR) is 49.1 cm³/mol. The van der Waals surface area contributed by atoms with Crippen molar-refractivity contribution in [2.75, 3.05) is 0 Å². The third-order valence-electron chi connectivity index (χ3n) is 1.18. The second kappa shape index (κ2) is 3.60. The Morgan fingerprint density at radius 2 is 2.42 bits per heavy atom. The van der Waals surface area contributed by atoms with Crippen LogP contribution >= 0.6 is 22.9 Å². The van der Waals surface area contributed by atoms with Gasteiger partial charge in [-0.3, -0.25) is 0 Å². The van der Waals surface area contributed by atoms with Crippen LogP contribution in [0, 0.1) is 0 Å². The van der Waals surface area contributed by atoms with E-state index in [1.54, 1.807) is 11.4 Å². The Labute approximate surface area is 78.1 Å². The van der Waals surface area contributed by atoms with Gasteiger partial charge in [-0.25, -0.2) is 4.79 Å². The zero-order valence-electron chi connectivity index (χ0n) is 5.95. The molecule has 1 rings (SSSR count). The monoisotopic (exact) mass is 203 g/mol. The molecular weight excluding hydrogens is 198 g/mol. The summed E-state index contributed by atoms with van der Waals surface area (Å²) in [5.74, 6) is -1.14. The van der Waals surface area contributed by atoms with E-state index in [0.29, 0.717) is 9.90 Å². The molecule has 3 nitrogen and oxygen atoms in total. The number of hydrogen-bond donors (Lipinski definition) is 2. The number of thiophene rings is 1. The smallest absolute Gasteiger partial charge is 0.351 e. The molecule has 0 radical (unpaired) electrons. The molecule has 0 aliphatic carbocycles. The summed E-state index contributed by atoms with van der Waals surface area (Å²) < 4.78 is 0. The molecule has 1 heterocycles. The molecule has 64 valence electrons. The molecule has 0 aliphatic rings. The maximum atomic E-state index is 10.3. The summed E-state index contributed by atoms with van der Waals surface area (Å²) in [7, 11) is 0. The first-order valence-electron chi connectivity index (χ1n) is 3.04. The molecule has 0 atom stereocenters. The Kier molecular flexibility index (Phi) is 2.73. The van der Waals surface area contributed by atoms with Gasteiger partial charge in [0.1, 0.15) is 5.70 Å². The van der Waals surface area contributed by atoms with Gasteiger partial charge < -0.3 is 10.8 Å². The molecule has 0 unspecified atom stereocenters. The Balaban J connectivity index is 2.95. The Hall–Kier alpha value is -1.00. The molecular formula is C7H6ClNO2S. The molecule has 0 spiro atoms. The van der Waals surface area contributed by atoms with Gasteiger partial charge in [0.05, 0.1) is 5.02 Å². The second-order valence-corrected chi connectivity index (χ2v) is 3.39. The molecule has 0 bridgehead atoms. The summed E-state index contributed by atoms with van der Waals surface area (Å²) in [6.07, 6.45) is 1.34. The Bertz CT molecular complexity index is 332. The van der Waals surface area contributed by atoms with E-state index in [-0.39, 0.29) is 5.70 Å². The van der Waals surface area contributed by atoms with Crippen molar-refractivity contribution in [1.29, 1.82) is 0 Å². The fraction of sp³-hybridized carbons (Fsp3) is 0. The topological polar surface area (TPSA) is 63.3 Å². The van der Waals surface area contributed by atoms with Gasteiger partial charge >= 0.3 is 5.97 Å². The van der Waals surface area contributed by atoms with Crippen molar-refractivity contribution in [2.24, 2.45) is 5.73 Å². The summed E-state index contributed by atoms with van der Waals surface area (Å²) >= 11 is 7.05. The van der Waals surface area contributed by atoms with Crippen LogP contribution in [0.3, 0.4) is 0 Å². The molecule has 5 heteroatoms. The third-order valence-corrected chi connectivity index (χ3v) is 2.48. The largest absolute Gasteiger partial charge is 0.477 e. The number of carboxylic acid groups (broad SMARTS) is 1. The lowest BCUT2D eigenvalue weighted by Crippen LogP contribution is -2.08. The number of carboxylic acids is 1. The predicted octanol–water partition coefficient (Wildman–Crippen LogP) is 1.79. The van der Waals surface area contributed by atoms with Crippen molar-refractivity contribution in [3.63, 3.8) is 0 Å². The van der Waals surface area contributed by atoms with E-state index in [1.807, 2.05) is 0 Å². The highest BCUT2D eigenvalue weighted by atomic mass is 35.5. The van der Waals surface area contributed by atoms with Gasteiger partial charge in [0.2, 0.25) is 0 Å². The summed E-state index contributed by atoms with van der Waals surface area (Å²) in [5.41, 5.74) is 4.98. The van der Waals surface area contributed by atoms with Crippen molar-refractivity contribution >= 4 is 35.0 Å². The fourth-order valence-electron chi connectivity index (χ4n) is 0.611. The van der Waals surface area contributed by atoms with E-state index in [0.717, 1.165) is 0 Å². The van der Waals surface area contributed by atoms with E-state index in [9.17, 15) is 4.79 Å². The van der Waals surface area contributed by atoms with Gasteiger partial charge in [0.15, 0.2) is 0 Å². The maximum absolute atomic E-state index is 10.3. The van der Waals surface area contributed by atoms with Gasteiger partial charge in [-0.05, 0) is 17.5 Å². The molecule has 3 N–H and O–H groups in total. The molecule has 0 saturated heterocycles. The van der Waals surface area contributed by atoms with Gasteiger partial charge in [0, 0.05) is 4.88 Å². The fourth-order valence-corrected chi connectivity index (χ4v) is 1.66. The van der Waals surface area contributed by atoms with E-state index >= 15 is 0 Å². The van der Waals surface area contributed by atoms with Crippen LogP contribution in [0.25, 0.3) is 6.08 Å². The van der Waals surface area contributed by atoms with Crippen molar-refractivity contribution in [1.82, 2.24) is 0 Å². The standard InChI is InChI=1S/C7H6ClNO2S/c8-4-1-2-12-6(4)3-5(9)7(10)11/h1-3H,9H2,(H,10,11)/b5-3+. The minimum absolute atomic E-state index is 0.209. The zero-order chi connectivity index (χ0) is 9.14. The average molecular weight is 204 g/mol. The Morgan fingerprint density at radius 3 is 2.83 bits per heavy atom. The molecule has 1 aromatic heterocycles. The summed E-state index contributed by atoms with van der Waals surface area (Å²) in [4.78, 5) is 11.0.